The number of imide groups is 1. The molecule has 2 aromatic rings. The first-order chi connectivity index (χ1) is 11.7. The van der Waals surface area contributed by atoms with Gasteiger partial charge in [-0.25, -0.2) is 4.90 Å². The molecule has 0 spiro atoms. The Morgan fingerprint density at radius 2 is 1.25 bits per heavy atom. The number of nitrogens with zero attached hydrogens (tertiary/aromatic N) is 1. The highest BCUT2D eigenvalue weighted by Gasteiger charge is 2.60. The van der Waals surface area contributed by atoms with Gasteiger partial charge >= 0.3 is 0 Å². The molecule has 3 heterocycles. The summed E-state index contributed by atoms with van der Waals surface area (Å²) in [5.41, 5.74) is 2.80. The van der Waals surface area contributed by atoms with Gasteiger partial charge in [0.1, 0.15) is 0 Å². The zero-order valence-electron chi connectivity index (χ0n) is 12.8. The van der Waals surface area contributed by atoms with E-state index in [4.69, 9.17) is 4.74 Å². The summed E-state index contributed by atoms with van der Waals surface area (Å²) in [5, 5.41) is 0. The smallest absolute Gasteiger partial charge is 0.240 e. The van der Waals surface area contributed by atoms with Gasteiger partial charge in [-0.1, -0.05) is 54.6 Å². The van der Waals surface area contributed by atoms with E-state index >= 15 is 0 Å². The highest BCUT2D eigenvalue weighted by atomic mass is 16.5. The fourth-order valence-corrected chi connectivity index (χ4v) is 3.99. The molecule has 0 aliphatic carbocycles. The lowest BCUT2D eigenvalue weighted by Crippen LogP contribution is -2.34. The van der Waals surface area contributed by atoms with Gasteiger partial charge < -0.3 is 4.74 Å². The third kappa shape index (κ3) is 1.77. The lowest BCUT2D eigenvalue weighted by Gasteiger charge is -2.18. The second-order valence-corrected chi connectivity index (χ2v) is 6.43. The first-order valence-corrected chi connectivity index (χ1v) is 8.11. The average molecular weight is 317 g/mol. The van der Waals surface area contributed by atoms with E-state index < -0.39 is 0 Å². The number of hydrogen-bond donors (Lipinski definition) is 0. The number of carbonyl (C=O) groups is 2. The standard InChI is InChI=1S/C20H15NO3/c22-19-17-15-10-11-16(24-15)18(17)20(23)21(19)14-8-6-13(7-9-14)12-4-2-1-3-5-12/h1-11,15-18H/t15-,16-,17-,18-/m0/s1. The second kappa shape index (κ2) is 4.89. The van der Waals surface area contributed by atoms with E-state index in [0.29, 0.717) is 5.69 Å². The molecule has 2 saturated heterocycles. The SMILES string of the molecule is O=C1[C@@H]2[C@@H](C(=O)N1c1ccc(-c3ccccc3)cc1)[C@@H]1C=C[C@@H]2O1. The van der Waals surface area contributed by atoms with Crippen LogP contribution in [0.4, 0.5) is 5.69 Å². The Morgan fingerprint density at radius 3 is 1.83 bits per heavy atom. The zero-order chi connectivity index (χ0) is 16.3. The Hall–Kier alpha value is -2.72. The summed E-state index contributed by atoms with van der Waals surface area (Å²) in [5.74, 6) is -1.01. The van der Waals surface area contributed by atoms with Crippen LogP contribution in [-0.4, -0.2) is 24.0 Å². The molecule has 4 nitrogen and oxygen atoms in total. The van der Waals surface area contributed by atoms with Crippen LogP contribution < -0.4 is 4.90 Å². The van der Waals surface area contributed by atoms with E-state index in [2.05, 4.69) is 0 Å². The van der Waals surface area contributed by atoms with E-state index in [0.717, 1.165) is 11.1 Å². The first kappa shape index (κ1) is 13.7. The molecule has 0 saturated carbocycles. The van der Waals surface area contributed by atoms with Crippen LogP contribution in [0, 0.1) is 11.8 Å². The monoisotopic (exact) mass is 317 g/mol. The van der Waals surface area contributed by atoms with Gasteiger partial charge in [0.15, 0.2) is 0 Å². The van der Waals surface area contributed by atoms with Crippen molar-refractivity contribution in [3.8, 4) is 11.1 Å². The van der Waals surface area contributed by atoms with Gasteiger partial charge in [-0.15, -0.1) is 0 Å². The third-order valence-corrected chi connectivity index (χ3v) is 5.14. The predicted octanol–water partition coefficient (Wildman–Crippen LogP) is 2.80. The molecule has 5 rings (SSSR count). The van der Waals surface area contributed by atoms with Gasteiger partial charge in [0.05, 0.1) is 29.7 Å². The number of benzene rings is 2. The van der Waals surface area contributed by atoms with E-state index in [1.165, 1.54) is 4.90 Å². The van der Waals surface area contributed by atoms with Crippen molar-refractivity contribution in [2.45, 2.75) is 12.2 Å². The van der Waals surface area contributed by atoms with Crippen LogP contribution in [0.25, 0.3) is 11.1 Å². The number of carbonyl (C=O) groups excluding carboxylic acids is 2. The van der Waals surface area contributed by atoms with Crippen molar-refractivity contribution in [2.75, 3.05) is 4.90 Å². The molecule has 4 heteroatoms. The summed E-state index contributed by atoms with van der Waals surface area (Å²) < 4.78 is 5.66. The van der Waals surface area contributed by atoms with Gasteiger partial charge in [-0.05, 0) is 23.3 Å². The first-order valence-electron chi connectivity index (χ1n) is 8.11. The fraction of sp³-hybridized carbons (Fsp3) is 0.200. The van der Waals surface area contributed by atoms with E-state index in [1.807, 2.05) is 66.7 Å². The van der Waals surface area contributed by atoms with Crippen molar-refractivity contribution >= 4 is 17.5 Å². The van der Waals surface area contributed by atoms with Crippen LogP contribution in [0.5, 0.6) is 0 Å². The molecule has 0 radical (unpaired) electrons. The molecular formula is C20H15NO3. The van der Waals surface area contributed by atoms with Crippen LogP contribution in [0.1, 0.15) is 0 Å². The quantitative estimate of drug-likeness (QED) is 0.632. The Labute approximate surface area is 139 Å². The minimum absolute atomic E-state index is 0.144. The lowest BCUT2D eigenvalue weighted by molar-refractivity contribution is -0.124. The molecule has 3 aliphatic heterocycles. The summed E-state index contributed by atoms with van der Waals surface area (Å²) >= 11 is 0. The molecule has 0 unspecified atom stereocenters. The molecule has 2 bridgehead atoms. The molecule has 2 fully saturated rings. The zero-order valence-corrected chi connectivity index (χ0v) is 12.8. The Kier molecular flexibility index (Phi) is 2.79. The van der Waals surface area contributed by atoms with Gasteiger partial charge in [-0.2, -0.15) is 0 Å². The topological polar surface area (TPSA) is 46.6 Å². The molecule has 118 valence electrons. The summed E-state index contributed by atoms with van der Waals surface area (Å²) in [4.78, 5) is 26.8. The summed E-state index contributed by atoms with van der Waals surface area (Å²) in [7, 11) is 0. The molecule has 24 heavy (non-hydrogen) atoms. The third-order valence-electron chi connectivity index (χ3n) is 5.14. The summed E-state index contributed by atoms with van der Waals surface area (Å²) in [6.45, 7) is 0. The number of ether oxygens (including phenoxy) is 1. The van der Waals surface area contributed by atoms with Crippen LogP contribution in [0.15, 0.2) is 66.7 Å². The van der Waals surface area contributed by atoms with Crippen molar-refractivity contribution in [3.63, 3.8) is 0 Å². The van der Waals surface area contributed by atoms with E-state index in [-0.39, 0.29) is 35.9 Å². The van der Waals surface area contributed by atoms with Crippen molar-refractivity contribution in [1.82, 2.24) is 0 Å². The van der Waals surface area contributed by atoms with Gasteiger partial charge in [0.25, 0.3) is 0 Å². The number of fused-ring (bicyclic) bond motifs is 5. The summed E-state index contributed by atoms with van der Waals surface area (Å²) in [6, 6.07) is 17.6. The van der Waals surface area contributed by atoms with E-state index in [1.54, 1.807) is 0 Å². The minimum Gasteiger partial charge on any atom is -0.365 e. The van der Waals surface area contributed by atoms with Crippen molar-refractivity contribution in [2.24, 2.45) is 11.8 Å². The number of anilines is 1. The van der Waals surface area contributed by atoms with Crippen molar-refractivity contribution < 1.29 is 14.3 Å². The Morgan fingerprint density at radius 1 is 0.708 bits per heavy atom. The maximum absolute atomic E-state index is 12.7. The maximum Gasteiger partial charge on any atom is 0.240 e. The van der Waals surface area contributed by atoms with Gasteiger partial charge in [0.2, 0.25) is 11.8 Å². The number of rotatable bonds is 2. The van der Waals surface area contributed by atoms with Crippen molar-refractivity contribution in [1.29, 1.82) is 0 Å². The number of amides is 2. The Bertz CT molecular complexity index is 826. The lowest BCUT2D eigenvalue weighted by atomic mass is 9.85. The maximum atomic E-state index is 12.7. The molecule has 2 aromatic carbocycles. The van der Waals surface area contributed by atoms with Crippen molar-refractivity contribution in [3.05, 3.63) is 66.7 Å². The van der Waals surface area contributed by atoms with Crippen LogP contribution in [0.2, 0.25) is 0 Å². The molecular weight excluding hydrogens is 302 g/mol. The van der Waals surface area contributed by atoms with Crippen LogP contribution in [-0.2, 0) is 14.3 Å². The average Bonchev–Trinajstić information content (AvgIpc) is 3.30. The predicted molar refractivity (Wildman–Crippen MR) is 89.2 cm³/mol. The number of hydrogen-bond acceptors (Lipinski definition) is 3. The second-order valence-electron chi connectivity index (χ2n) is 6.43. The fourth-order valence-electron chi connectivity index (χ4n) is 3.99. The summed E-state index contributed by atoms with van der Waals surface area (Å²) in [6.07, 6.45) is 3.31. The highest BCUT2D eigenvalue weighted by Crippen LogP contribution is 2.46. The molecule has 4 atom stereocenters. The molecule has 3 aliphatic rings. The van der Waals surface area contributed by atoms with Crippen LogP contribution in [0.3, 0.4) is 0 Å². The van der Waals surface area contributed by atoms with Crippen LogP contribution >= 0.6 is 0 Å². The highest BCUT2D eigenvalue weighted by molar-refractivity contribution is 6.23. The molecule has 0 N–H and O–H groups in total. The van der Waals surface area contributed by atoms with Gasteiger partial charge in [0, 0.05) is 0 Å². The Balaban J connectivity index is 1.47. The minimum atomic E-state index is -0.360. The normalized spacial score (nSPS) is 30.2. The largest absolute Gasteiger partial charge is 0.365 e. The molecule has 0 aromatic heterocycles. The molecule has 2 amide bonds. The van der Waals surface area contributed by atoms with E-state index in [9.17, 15) is 9.59 Å². The van der Waals surface area contributed by atoms with Gasteiger partial charge in [-0.3, -0.25) is 9.59 Å².